The SMILES string of the molecule is [C-]#[N+]c1ccc2c(c1)C1(CCCCC1)c1cc(-c3cc(-c4ccc5c(c4)oc4ccccc45)nc(-c4ccc5c(c4)C(C)(C)c4ccccc4-5)n3)ccc1-2. The van der Waals surface area contributed by atoms with Gasteiger partial charge in [-0.25, -0.2) is 14.8 Å². The minimum Gasteiger partial charge on any atom is -0.456 e. The van der Waals surface area contributed by atoms with E-state index in [-0.39, 0.29) is 10.8 Å². The van der Waals surface area contributed by atoms with E-state index < -0.39 is 0 Å². The first-order chi connectivity index (χ1) is 26.4. The molecule has 6 aromatic carbocycles. The molecule has 0 aliphatic heterocycles. The van der Waals surface area contributed by atoms with Crippen LogP contribution in [0.5, 0.6) is 0 Å². The van der Waals surface area contributed by atoms with E-state index in [0.29, 0.717) is 5.82 Å². The van der Waals surface area contributed by atoms with Crippen LogP contribution in [-0.4, -0.2) is 9.97 Å². The van der Waals surface area contributed by atoms with Crippen LogP contribution < -0.4 is 0 Å². The molecule has 54 heavy (non-hydrogen) atoms. The molecule has 0 radical (unpaired) electrons. The third-order valence-corrected chi connectivity index (χ3v) is 12.7. The fourth-order valence-corrected chi connectivity index (χ4v) is 10.0. The smallest absolute Gasteiger partial charge is 0.187 e. The average Bonchev–Trinajstić information content (AvgIpc) is 3.80. The Labute approximate surface area is 315 Å². The Kier molecular flexibility index (Phi) is 6.56. The van der Waals surface area contributed by atoms with E-state index in [1.807, 2.05) is 18.2 Å². The predicted molar refractivity (Wildman–Crippen MR) is 219 cm³/mol. The van der Waals surface area contributed by atoms with Crippen LogP contribution in [-0.2, 0) is 10.8 Å². The quantitative estimate of drug-likeness (QED) is 0.173. The summed E-state index contributed by atoms with van der Waals surface area (Å²) in [5.74, 6) is 0.708. The number of hydrogen-bond donors (Lipinski definition) is 0. The number of para-hydroxylation sites is 1. The molecule has 258 valence electrons. The second kappa shape index (κ2) is 11.3. The Morgan fingerprint density at radius 3 is 1.96 bits per heavy atom. The van der Waals surface area contributed by atoms with Crippen LogP contribution in [0.2, 0.25) is 0 Å². The summed E-state index contributed by atoms with van der Waals surface area (Å²) in [6.45, 7) is 12.4. The van der Waals surface area contributed by atoms with Gasteiger partial charge < -0.3 is 4.42 Å². The second-order valence-corrected chi connectivity index (χ2v) is 15.9. The Balaban J connectivity index is 1.10. The van der Waals surface area contributed by atoms with E-state index in [0.717, 1.165) is 68.5 Å². The highest BCUT2D eigenvalue weighted by Crippen LogP contribution is 2.57. The van der Waals surface area contributed by atoms with Crippen molar-refractivity contribution in [3.8, 4) is 56.2 Å². The maximum absolute atomic E-state index is 7.77. The van der Waals surface area contributed by atoms with Crippen molar-refractivity contribution in [1.29, 1.82) is 0 Å². The largest absolute Gasteiger partial charge is 0.456 e. The lowest BCUT2D eigenvalue weighted by Crippen LogP contribution is -2.28. The van der Waals surface area contributed by atoms with Crippen molar-refractivity contribution in [2.24, 2.45) is 0 Å². The van der Waals surface area contributed by atoms with E-state index in [4.69, 9.17) is 21.0 Å². The normalized spacial score (nSPS) is 15.9. The van der Waals surface area contributed by atoms with Gasteiger partial charge in [0.2, 0.25) is 0 Å². The molecule has 11 rings (SSSR count). The lowest BCUT2D eigenvalue weighted by Gasteiger charge is -2.36. The molecule has 1 fully saturated rings. The second-order valence-electron chi connectivity index (χ2n) is 15.9. The zero-order chi connectivity index (χ0) is 36.2. The number of furan rings is 1. The molecule has 8 aromatic rings. The van der Waals surface area contributed by atoms with Crippen LogP contribution >= 0.6 is 0 Å². The number of rotatable bonds is 3. The summed E-state index contributed by atoms with van der Waals surface area (Å²) in [6.07, 6.45) is 5.84. The van der Waals surface area contributed by atoms with Crippen LogP contribution in [0.1, 0.15) is 68.2 Å². The van der Waals surface area contributed by atoms with Gasteiger partial charge in [-0.05, 0) is 93.7 Å². The zero-order valence-electron chi connectivity index (χ0n) is 30.4. The highest BCUT2D eigenvalue weighted by molar-refractivity contribution is 6.05. The van der Waals surface area contributed by atoms with Gasteiger partial charge in [-0.1, -0.05) is 124 Å². The minimum atomic E-state index is -0.134. The van der Waals surface area contributed by atoms with Crippen LogP contribution in [0.3, 0.4) is 0 Å². The number of nitrogens with zero attached hydrogens (tertiary/aromatic N) is 3. The Bertz CT molecular complexity index is 2920. The van der Waals surface area contributed by atoms with Crippen molar-refractivity contribution < 1.29 is 4.42 Å². The van der Waals surface area contributed by atoms with Gasteiger partial charge in [0.1, 0.15) is 11.2 Å². The van der Waals surface area contributed by atoms with Crippen molar-refractivity contribution >= 4 is 27.6 Å². The molecule has 0 amide bonds. The Morgan fingerprint density at radius 2 is 1.15 bits per heavy atom. The average molecular weight is 696 g/mol. The van der Waals surface area contributed by atoms with Crippen LogP contribution in [0.25, 0.3) is 82.9 Å². The van der Waals surface area contributed by atoms with Crippen molar-refractivity contribution in [2.75, 3.05) is 0 Å². The molecular formula is C50H37N3O. The minimum absolute atomic E-state index is 0.0782. The van der Waals surface area contributed by atoms with Crippen molar-refractivity contribution in [1.82, 2.24) is 9.97 Å². The fourth-order valence-electron chi connectivity index (χ4n) is 10.0. The van der Waals surface area contributed by atoms with E-state index in [1.54, 1.807) is 0 Å². The molecule has 0 unspecified atom stereocenters. The van der Waals surface area contributed by atoms with Crippen molar-refractivity contribution in [3.63, 3.8) is 0 Å². The first-order valence-electron chi connectivity index (χ1n) is 19.1. The third-order valence-electron chi connectivity index (χ3n) is 12.7. The molecule has 1 saturated carbocycles. The van der Waals surface area contributed by atoms with E-state index in [2.05, 4.69) is 128 Å². The number of fused-ring (bicyclic) bond motifs is 11. The molecule has 4 heteroatoms. The lowest BCUT2D eigenvalue weighted by molar-refractivity contribution is 0.353. The van der Waals surface area contributed by atoms with Gasteiger partial charge in [0.05, 0.1) is 18.0 Å². The number of aromatic nitrogens is 2. The number of benzene rings is 6. The topological polar surface area (TPSA) is 43.3 Å². The van der Waals surface area contributed by atoms with Crippen LogP contribution in [0.4, 0.5) is 5.69 Å². The van der Waals surface area contributed by atoms with E-state index in [1.165, 1.54) is 63.8 Å². The molecule has 0 bridgehead atoms. The molecule has 2 heterocycles. The molecular weight excluding hydrogens is 659 g/mol. The van der Waals surface area contributed by atoms with Gasteiger partial charge in [-0.2, -0.15) is 0 Å². The molecule has 2 aromatic heterocycles. The summed E-state index contributed by atoms with van der Waals surface area (Å²) in [7, 11) is 0. The van der Waals surface area contributed by atoms with Crippen LogP contribution in [0.15, 0.2) is 132 Å². The summed E-state index contributed by atoms with van der Waals surface area (Å²) in [5.41, 5.74) is 17.6. The van der Waals surface area contributed by atoms with Crippen LogP contribution in [0, 0.1) is 6.57 Å². The van der Waals surface area contributed by atoms with Gasteiger partial charge in [-0.3, -0.25) is 0 Å². The Hall–Kier alpha value is -6.31. The summed E-state index contributed by atoms with van der Waals surface area (Å²) >= 11 is 0. The molecule has 4 nitrogen and oxygen atoms in total. The van der Waals surface area contributed by atoms with Crippen molar-refractivity contribution in [2.45, 2.75) is 56.8 Å². The molecule has 0 N–H and O–H groups in total. The molecule has 0 atom stereocenters. The highest BCUT2D eigenvalue weighted by atomic mass is 16.3. The van der Waals surface area contributed by atoms with Gasteiger partial charge >= 0.3 is 0 Å². The van der Waals surface area contributed by atoms with Gasteiger partial charge in [0.15, 0.2) is 11.5 Å². The first-order valence-corrected chi connectivity index (χ1v) is 19.1. The third kappa shape index (κ3) is 4.42. The molecule has 1 spiro atoms. The predicted octanol–water partition coefficient (Wildman–Crippen LogP) is 13.5. The van der Waals surface area contributed by atoms with Crippen molar-refractivity contribution in [3.05, 3.63) is 161 Å². The zero-order valence-corrected chi connectivity index (χ0v) is 30.4. The van der Waals surface area contributed by atoms with E-state index >= 15 is 0 Å². The summed E-state index contributed by atoms with van der Waals surface area (Å²) in [4.78, 5) is 14.5. The molecule has 3 aliphatic carbocycles. The van der Waals surface area contributed by atoms with Gasteiger partial charge in [0.25, 0.3) is 0 Å². The molecule has 3 aliphatic rings. The highest BCUT2D eigenvalue weighted by Gasteiger charge is 2.44. The van der Waals surface area contributed by atoms with E-state index in [9.17, 15) is 0 Å². The Morgan fingerprint density at radius 1 is 0.537 bits per heavy atom. The monoisotopic (exact) mass is 695 g/mol. The molecule has 0 saturated heterocycles. The van der Waals surface area contributed by atoms with Gasteiger partial charge in [-0.15, -0.1) is 0 Å². The summed E-state index contributed by atoms with van der Waals surface area (Å²) in [5, 5.41) is 2.21. The number of hydrogen-bond acceptors (Lipinski definition) is 3. The summed E-state index contributed by atoms with van der Waals surface area (Å²) < 4.78 is 6.35. The first kappa shape index (κ1) is 31.2. The fraction of sp³-hybridized carbons (Fsp3) is 0.180. The van der Waals surface area contributed by atoms with Gasteiger partial charge in [0, 0.05) is 38.3 Å². The standard InChI is InChI=1S/C50H37N3O/c1-49(2)40-13-7-5-11-34(40)35-20-17-32(26-41(35)49)48-52-44(29-45(53-48)31-16-21-39-38-12-6-8-14-46(38)54-47(39)27-31)30-15-19-36-37-22-18-33(51-3)28-43(37)50(42(36)25-30)23-9-4-10-24-50/h5-8,11-22,25-29H,4,9-10,23-24H2,1-2H3. The summed E-state index contributed by atoms with van der Waals surface area (Å²) in [6, 6.07) is 45.6. The lowest BCUT2D eigenvalue weighted by atomic mass is 9.67. The maximum atomic E-state index is 7.77. The maximum Gasteiger partial charge on any atom is 0.187 e.